The van der Waals surface area contributed by atoms with Crippen LogP contribution in [0.15, 0.2) is 515 Å². The maximum Gasteiger partial charge on any atom is 4.00 e. The first-order chi connectivity index (χ1) is 67.8. The number of hydrogen-bond donors (Lipinski definition) is 0. The van der Waals surface area contributed by atoms with Gasteiger partial charge in [-0.15, -0.1) is 120 Å². The molecule has 18 aromatic carbocycles. The summed E-state index contributed by atoms with van der Waals surface area (Å²) < 4.78 is 9.55. The van der Waals surface area contributed by atoms with Gasteiger partial charge >= 0.3 is 21.1 Å². The minimum absolute atomic E-state index is 0. The summed E-state index contributed by atoms with van der Waals surface area (Å²) in [6.45, 7) is 2.10. The molecule has 0 saturated heterocycles. The molecule has 0 bridgehead atoms. The Kier molecular flexibility index (Phi) is 31.6. The van der Waals surface area contributed by atoms with Crippen molar-refractivity contribution in [3.05, 3.63) is 553 Å². The number of benzene rings is 18. The number of nitrogens with zero attached hydrogens (tertiary/aromatic N) is 11. The van der Waals surface area contributed by atoms with E-state index in [9.17, 15) is 0 Å². The van der Waals surface area contributed by atoms with E-state index in [2.05, 4.69) is 387 Å². The molecule has 24 rings (SSSR count). The number of rotatable bonds is 17. The van der Waals surface area contributed by atoms with Crippen LogP contribution in [0.25, 0.3) is 168 Å². The van der Waals surface area contributed by atoms with E-state index in [-0.39, 0.29) is 42.1 Å². The molecule has 5 aromatic heterocycles. The Hall–Kier alpha value is -17.0. The quantitative estimate of drug-likeness (QED) is 0.0815. The Bertz CT molecular complexity index is 6750. The minimum Gasteiger partial charge on any atom is -0.618 e. The Morgan fingerprint density at radius 2 is 0.561 bits per heavy atom. The van der Waals surface area contributed by atoms with E-state index in [1.807, 2.05) is 222 Å². The summed E-state index contributed by atoms with van der Waals surface area (Å²) in [5.74, 6) is 1.35. The largest absolute Gasteiger partial charge is 4.00 e. The van der Waals surface area contributed by atoms with E-state index in [1.165, 1.54) is 78.1 Å². The number of anilines is 3. The van der Waals surface area contributed by atoms with Crippen LogP contribution in [0.4, 0.5) is 17.1 Å². The monoisotopic (exact) mass is 2150 g/mol. The van der Waals surface area contributed by atoms with Crippen molar-refractivity contribution in [1.29, 1.82) is 0 Å². The molecule has 0 fully saturated rings. The van der Waals surface area contributed by atoms with Crippen LogP contribution in [-0.4, -0.2) is 41.8 Å². The molecule has 674 valence electrons. The first-order valence-electron chi connectivity index (χ1n) is 45.1. The Morgan fingerprint density at radius 1 is 0.259 bits per heavy atom. The van der Waals surface area contributed by atoms with Gasteiger partial charge in [-0.2, -0.15) is 94.7 Å². The van der Waals surface area contributed by atoms with Crippen LogP contribution in [0.3, 0.4) is 0 Å². The molecule has 1 aliphatic rings. The topological polar surface area (TPSA) is 122 Å². The molecule has 12 nitrogen and oxygen atoms in total. The summed E-state index contributed by atoms with van der Waals surface area (Å²) in [5, 5.41) is 26.0. The van der Waals surface area contributed by atoms with Crippen molar-refractivity contribution in [2.45, 2.75) is 0 Å². The Labute approximate surface area is 840 Å². The molecule has 6 heterocycles. The molecule has 0 N–H and O–H groups in total. The number of aromatic nitrogens is 9. The fraction of sp³-hybridized carbons (Fsp3) is 0.00800. The van der Waals surface area contributed by atoms with Crippen molar-refractivity contribution in [3.8, 4) is 168 Å². The van der Waals surface area contributed by atoms with Gasteiger partial charge in [0.1, 0.15) is 11.7 Å². The smallest absolute Gasteiger partial charge is 0.618 e. The van der Waals surface area contributed by atoms with Gasteiger partial charge in [0.15, 0.2) is 0 Å². The van der Waals surface area contributed by atoms with Crippen LogP contribution in [-0.2, 0) is 42.1 Å². The molecule has 14 heteroatoms. The van der Waals surface area contributed by atoms with E-state index >= 15 is 0 Å². The third-order valence-electron chi connectivity index (χ3n) is 23.0. The second-order valence-corrected chi connectivity index (χ2v) is 32.1. The standard InChI is InChI=1S/2C21H15N2.2C21H14N2.C21H14NO.C20H16N2.2Pt/c2*1-3-7-17(8-4-1)18-11-13-19(14-12-18)20-15-22-23(16-20)21-9-5-2-6-10-21;2*1-3-7-16(8-4-1)17-11-13-19(14-12-17)21-15-20(22-23-21)18-9-5-2-6-10-18;1-3-7-16(8-4-1)17-11-13-18(14-12-17)20-15-22-21(23-20)19-9-5-2-6-10-19;1-21-15-22(20-13-6-5-12-19(20)21)18-11-7-10-17(14-18)16-8-3-2-4-9-16;;/h2*1-9,11-16H;3*1-9,11-15H;2-10,12-15H,1H3;;/q2*-1;2*-2;-1;-2;;+4. The maximum absolute atomic E-state index is 5.86. The average molecular weight is 2150 g/mol. The molecule has 0 aliphatic carbocycles. The normalized spacial score (nSPS) is 10.9. The van der Waals surface area contributed by atoms with E-state index in [4.69, 9.17) is 4.42 Å². The summed E-state index contributed by atoms with van der Waals surface area (Å²) in [6.07, 6.45) is 9.59. The Morgan fingerprint density at radius 3 is 0.921 bits per heavy atom. The Balaban J connectivity index is 0.000000115. The van der Waals surface area contributed by atoms with Crippen molar-refractivity contribution in [1.82, 2.24) is 44.9 Å². The number of hydrogen-bond acceptors (Lipinski definition) is 8. The molecule has 0 atom stereocenters. The van der Waals surface area contributed by atoms with Gasteiger partial charge in [0.25, 0.3) is 0 Å². The molecule has 0 radical (unpaired) electrons. The van der Waals surface area contributed by atoms with E-state index in [1.54, 1.807) is 6.20 Å². The molecule has 23 aromatic rings. The van der Waals surface area contributed by atoms with Crippen LogP contribution in [0.5, 0.6) is 0 Å². The molecule has 0 spiro atoms. The molecular formula is C125H88N11OPt2-5. The average Bonchev–Trinajstić information content (AvgIpc) is 1.66. The van der Waals surface area contributed by atoms with Gasteiger partial charge in [-0.1, -0.05) is 333 Å². The van der Waals surface area contributed by atoms with Crippen molar-refractivity contribution >= 4 is 17.1 Å². The first-order valence-corrected chi connectivity index (χ1v) is 45.1. The van der Waals surface area contributed by atoms with E-state index < -0.39 is 0 Å². The SMILES string of the molecule is CN1[CH-]N(c2[c-]ccc(-c3ccccc3)c2)c2ccccc21.[Pt+4].[Pt].[c-]1ccccc1-c1cc(-c2ccc(-c3ccccc3)cc2)n[n-]1.[c-]1ccccc1-c1cc(-c2ccc(-c3ccccc3)cc2)n[n-]1.[c-]1ccccc1-c1ncc(-c2ccc(-c3ccccc3)cc2)o1.[c-]1ccccc1-n1cc(-c2ccc(-c3ccccc3)cc2)cn1.[c-]1ccccc1-n1cc(-c2ccc(-c3ccccc3)cc2)cn1. The molecule has 139 heavy (non-hydrogen) atoms. The molecule has 1 aliphatic heterocycles. The van der Waals surface area contributed by atoms with Crippen molar-refractivity contribution in [2.24, 2.45) is 0 Å². The fourth-order valence-corrected chi connectivity index (χ4v) is 15.8. The first kappa shape index (κ1) is 93.8. The van der Waals surface area contributed by atoms with Gasteiger partial charge in [-0.25, -0.2) is 11.4 Å². The van der Waals surface area contributed by atoms with Crippen LogP contribution < -0.4 is 20.0 Å². The zero-order valence-electron chi connectivity index (χ0n) is 75.5. The molecule has 0 saturated carbocycles. The number of oxazole rings is 1. The zero-order chi connectivity index (χ0) is 92.4. The van der Waals surface area contributed by atoms with Gasteiger partial charge in [0, 0.05) is 72.9 Å². The van der Waals surface area contributed by atoms with Crippen LogP contribution in [0.2, 0.25) is 0 Å². The second kappa shape index (κ2) is 46.8. The summed E-state index contributed by atoms with van der Waals surface area (Å²) in [7, 11) is 2.07. The predicted octanol–water partition coefficient (Wildman–Crippen LogP) is 30.0. The maximum atomic E-state index is 5.86. The summed E-state index contributed by atoms with van der Waals surface area (Å²) in [6, 6.07) is 181. The van der Waals surface area contributed by atoms with Crippen LogP contribution in [0, 0.1) is 43.1 Å². The minimum atomic E-state index is 0. The number of para-hydroxylation sites is 4. The van der Waals surface area contributed by atoms with Crippen molar-refractivity contribution in [3.63, 3.8) is 0 Å². The van der Waals surface area contributed by atoms with Gasteiger partial charge in [-0.3, -0.25) is 14.3 Å². The third-order valence-corrected chi connectivity index (χ3v) is 23.0. The summed E-state index contributed by atoms with van der Waals surface area (Å²) in [5.41, 5.74) is 33.8. The summed E-state index contributed by atoms with van der Waals surface area (Å²) in [4.78, 5) is 8.67. The van der Waals surface area contributed by atoms with E-state index in [0.29, 0.717) is 5.89 Å². The molecule has 0 unspecified atom stereocenters. The van der Waals surface area contributed by atoms with E-state index in [0.717, 1.165) is 101 Å². The van der Waals surface area contributed by atoms with Crippen LogP contribution in [0.1, 0.15) is 0 Å². The van der Waals surface area contributed by atoms with Crippen molar-refractivity contribution < 1.29 is 46.5 Å². The number of fused-ring (bicyclic) bond motifs is 1. The van der Waals surface area contributed by atoms with Gasteiger partial charge in [0.2, 0.25) is 0 Å². The zero-order valence-corrected chi connectivity index (χ0v) is 80.1. The van der Waals surface area contributed by atoms with Gasteiger partial charge < -0.3 is 34.6 Å². The van der Waals surface area contributed by atoms with Gasteiger partial charge in [0.05, 0.1) is 18.6 Å². The van der Waals surface area contributed by atoms with Gasteiger partial charge in [-0.05, 0) is 114 Å². The molecular weight excluding hydrogens is 2060 g/mol. The summed E-state index contributed by atoms with van der Waals surface area (Å²) >= 11 is 0. The van der Waals surface area contributed by atoms with Crippen LogP contribution >= 0.6 is 0 Å². The third kappa shape index (κ3) is 24.0. The molecule has 0 amide bonds. The fourth-order valence-electron chi connectivity index (χ4n) is 15.8. The second-order valence-electron chi connectivity index (χ2n) is 32.1. The predicted molar refractivity (Wildman–Crippen MR) is 556 cm³/mol. The van der Waals surface area contributed by atoms with Crippen molar-refractivity contribution in [2.75, 3.05) is 16.8 Å².